The lowest BCUT2D eigenvalue weighted by Crippen LogP contribution is -1.95. The SMILES string of the molecule is O=C1C(=Cc2csnn2)Cc2c(F)cc(Br)cc21. The number of halogens is 2. The van der Waals surface area contributed by atoms with Crippen molar-refractivity contribution in [1.82, 2.24) is 9.59 Å². The second-order valence-corrected chi connectivity index (χ2v) is 5.44. The summed E-state index contributed by atoms with van der Waals surface area (Å²) in [6, 6.07) is 3.03. The van der Waals surface area contributed by atoms with Gasteiger partial charge in [-0.05, 0) is 29.7 Å². The van der Waals surface area contributed by atoms with Crippen LogP contribution in [0.5, 0.6) is 0 Å². The van der Waals surface area contributed by atoms with E-state index in [4.69, 9.17) is 0 Å². The van der Waals surface area contributed by atoms with Gasteiger partial charge in [-0.3, -0.25) is 4.79 Å². The lowest BCUT2D eigenvalue weighted by molar-refractivity contribution is 0.104. The van der Waals surface area contributed by atoms with Crippen LogP contribution in [0.2, 0.25) is 0 Å². The summed E-state index contributed by atoms with van der Waals surface area (Å²) >= 11 is 4.41. The van der Waals surface area contributed by atoms with Crippen molar-refractivity contribution in [2.75, 3.05) is 0 Å². The van der Waals surface area contributed by atoms with Gasteiger partial charge in [-0.2, -0.15) is 0 Å². The van der Waals surface area contributed by atoms with Gasteiger partial charge in [0.05, 0.1) is 5.69 Å². The van der Waals surface area contributed by atoms with Crippen LogP contribution in [0.1, 0.15) is 21.6 Å². The molecule has 0 radical (unpaired) electrons. The molecule has 1 aliphatic carbocycles. The molecule has 0 saturated carbocycles. The molecule has 90 valence electrons. The van der Waals surface area contributed by atoms with Crippen LogP contribution in [0.3, 0.4) is 0 Å². The Hall–Kier alpha value is -1.40. The van der Waals surface area contributed by atoms with E-state index in [0.29, 0.717) is 33.3 Å². The highest BCUT2D eigenvalue weighted by molar-refractivity contribution is 9.10. The van der Waals surface area contributed by atoms with E-state index < -0.39 is 0 Å². The Labute approximate surface area is 115 Å². The van der Waals surface area contributed by atoms with E-state index in [1.807, 2.05) is 0 Å². The van der Waals surface area contributed by atoms with Crippen molar-refractivity contribution >= 4 is 39.3 Å². The van der Waals surface area contributed by atoms with Crippen LogP contribution in [0.15, 0.2) is 27.6 Å². The van der Waals surface area contributed by atoms with Crippen LogP contribution in [0.4, 0.5) is 4.39 Å². The third-order valence-electron chi connectivity index (χ3n) is 2.76. The molecule has 1 aromatic carbocycles. The first-order valence-corrected chi connectivity index (χ1v) is 6.78. The zero-order valence-corrected chi connectivity index (χ0v) is 11.4. The lowest BCUT2D eigenvalue weighted by atomic mass is 10.1. The highest BCUT2D eigenvalue weighted by Gasteiger charge is 2.28. The number of aromatic nitrogens is 2. The Bertz CT molecular complexity index is 667. The Morgan fingerprint density at radius 2 is 2.28 bits per heavy atom. The minimum absolute atomic E-state index is 0.141. The number of carbonyl (C=O) groups excluding carboxylic acids is 1. The molecule has 1 aliphatic rings. The number of hydrogen-bond acceptors (Lipinski definition) is 4. The molecule has 0 saturated heterocycles. The first-order chi connectivity index (χ1) is 8.65. The third-order valence-corrected chi connectivity index (χ3v) is 3.74. The minimum Gasteiger partial charge on any atom is -0.289 e. The molecule has 0 amide bonds. The minimum atomic E-state index is -0.354. The number of rotatable bonds is 1. The molecule has 0 spiro atoms. The van der Waals surface area contributed by atoms with Gasteiger partial charge < -0.3 is 0 Å². The van der Waals surface area contributed by atoms with Gasteiger partial charge in [0.2, 0.25) is 0 Å². The summed E-state index contributed by atoms with van der Waals surface area (Å²) in [5.74, 6) is -0.495. The van der Waals surface area contributed by atoms with Crippen molar-refractivity contribution in [3.8, 4) is 0 Å². The van der Waals surface area contributed by atoms with Gasteiger partial charge in [-0.1, -0.05) is 20.4 Å². The molecule has 1 aromatic heterocycles. The van der Waals surface area contributed by atoms with Crippen molar-refractivity contribution in [3.63, 3.8) is 0 Å². The molecule has 0 aliphatic heterocycles. The second-order valence-electron chi connectivity index (χ2n) is 3.92. The van der Waals surface area contributed by atoms with Gasteiger partial charge in [0.15, 0.2) is 5.78 Å². The number of carbonyl (C=O) groups is 1. The second kappa shape index (κ2) is 4.37. The Balaban J connectivity index is 2.07. The predicted molar refractivity (Wildman–Crippen MR) is 70.0 cm³/mol. The smallest absolute Gasteiger partial charge is 0.189 e. The van der Waals surface area contributed by atoms with Crippen molar-refractivity contribution in [1.29, 1.82) is 0 Å². The summed E-state index contributed by atoms with van der Waals surface area (Å²) in [6.07, 6.45) is 1.98. The van der Waals surface area contributed by atoms with Crippen molar-refractivity contribution in [2.24, 2.45) is 0 Å². The van der Waals surface area contributed by atoms with Crippen molar-refractivity contribution in [2.45, 2.75) is 6.42 Å². The molecule has 1 heterocycles. The number of ketones is 1. The van der Waals surface area contributed by atoms with Crippen LogP contribution in [-0.4, -0.2) is 15.4 Å². The molecule has 0 N–H and O–H groups in total. The maximum Gasteiger partial charge on any atom is 0.189 e. The molecule has 6 heteroatoms. The van der Waals surface area contributed by atoms with Gasteiger partial charge >= 0.3 is 0 Å². The van der Waals surface area contributed by atoms with Crippen LogP contribution >= 0.6 is 27.5 Å². The lowest BCUT2D eigenvalue weighted by Gasteiger charge is -1.99. The highest BCUT2D eigenvalue weighted by Crippen LogP contribution is 2.32. The van der Waals surface area contributed by atoms with E-state index >= 15 is 0 Å². The molecule has 0 atom stereocenters. The number of allylic oxidation sites excluding steroid dienone is 1. The van der Waals surface area contributed by atoms with Gasteiger partial charge in [0, 0.05) is 33.0 Å². The van der Waals surface area contributed by atoms with Crippen LogP contribution in [0, 0.1) is 5.82 Å². The average Bonchev–Trinajstić information content (AvgIpc) is 2.91. The number of benzene rings is 1. The van der Waals surface area contributed by atoms with E-state index in [-0.39, 0.29) is 11.6 Å². The topological polar surface area (TPSA) is 42.9 Å². The quantitative estimate of drug-likeness (QED) is 0.756. The number of nitrogens with zero attached hydrogens (tertiary/aromatic N) is 2. The number of Topliss-reactive ketones (excluding diaryl/α,β-unsaturated/α-hetero) is 1. The molecular weight excluding hydrogens is 319 g/mol. The zero-order valence-electron chi connectivity index (χ0n) is 8.98. The molecule has 3 nitrogen and oxygen atoms in total. The summed E-state index contributed by atoms with van der Waals surface area (Å²) in [6.45, 7) is 0. The molecule has 2 aromatic rings. The molecule has 3 rings (SSSR count). The Morgan fingerprint density at radius 3 is 3.00 bits per heavy atom. The summed E-state index contributed by atoms with van der Waals surface area (Å²) < 4.78 is 18.0. The van der Waals surface area contributed by atoms with Gasteiger partial charge in [-0.15, -0.1) is 5.10 Å². The summed E-state index contributed by atoms with van der Waals surface area (Å²) in [5.41, 5.74) is 2.07. The molecular formula is C12H6BrFN2OS. The Kier molecular flexibility index (Phi) is 2.83. The Morgan fingerprint density at radius 1 is 1.44 bits per heavy atom. The monoisotopic (exact) mass is 324 g/mol. The normalized spacial score (nSPS) is 16.3. The van der Waals surface area contributed by atoms with Gasteiger partial charge in [-0.25, -0.2) is 4.39 Å². The molecule has 0 bridgehead atoms. The van der Waals surface area contributed by atoms with Crippen LogP contribution in [-0.2, 0) is 6.42 Å². The summed E-state index contributed by atoms with van der Waals surface area (Å²) in [7, 11) is 0. The van der Waals surface area contributed by atoms with E-state index in [1.165, 1.54) is 17.6 Å². The standard InChI is InChI=1S/C12H6BrFN2OS/c13-7-3-10-9(11(14)4-7)2-6(12(10)17)1-8-5-18-16-15-8/h1,3-5H,2H2. The molecule has 18 heavy (non-hydrogen) atoms. The van der Waals surface area contributed by atoms with E-state index in [1.54, 1.807) is 17.5 Å². The van der Waals surface area contributed by atoms with Gasteiger partial charge in [0.25, 0.3) is 0 Å². The maximum absolute atomic E-state index is 13.7. The van der Waals surface area contributed by atoms with E-state index in [0.717, 1.165) is 0 Å². The fraction of sp³-hybridized carbons (Fsp3) is 0.0833. The molecule has 0 unspecified atom stereocenters. The predicted octanol–water partition coefficient (Wildman–Crippen LogP) is 3.26. The first-order valence-electron chi connectivity index (χ1n) is 5.15. The van der Waals surface area contributed by atoms with Crippen LogP contribution in [0.25, 0.3) is 6.08 Å². The third kappa shape index (κ3) is 1.91. The number of fused-ring (bicyclic) bond motifs is 1. The van der Waals surface area contributed by atoms with E-state index in [2.05, 4.69) is 25.5 Å². The van der Waals surface area contributed by atoms with Crippen LogP contribution < -0.4 is 0 Å². The average molecular weight is 325 g/mol. The molecule has 0 fully saturated rings. The highest BCUT2D eigenvalue weighted by atomic mass is 79.9. The fourth-order valence-corrected chi connectivity index (χ4v) is 2.80. The first kappa shape index (κ1) is 11.7. The largest absolute Gasteiger partial charge is 0.289 e. The fourth-order valence-electron chi connectivity index (χ4n) is 1.96. The van der Waals surface area contributed by atoms with E-state index in [9.17, 15) is 9.18 Å². The maximum atomic E-state index is 13.7. The van der Waals surface area contributed by atoms with Gasteiger partial charge in [0.1, 0.15) is 5.82 Å². The number of hydrogen-bond donors (Lipinski definition) is 0. The zero-order chi connectivity index (χ0) is 12.7. The summed E-state index contributed by atoms with van der Waals surface area (Å²) in [4.78, 5) is 12.1. The summed E-state index contributed by atoms with van der Waals surface area (Å²) in [5, 5.41) is 5.60. The van der Waals surface area contributed by atoms with Crippen molar-refractivity contribution < 1.29 is 9.18 Å². The van der Waals surface area contributed by atoms with Crippen molar-refractivity contribution in [3.05, 3.63) is 50.2 Å².